The average molecular weight is 383 g/mol. The molecule has 1 unspecified atom stereocenters. The fourth-order valence-corrected chi connectivity index (χ4v) is 3.48. The van der Waals surface area contributed by atoms with Gasteiger partial charge in [0.1, 0.15) is 11.7 Å². The summed E-state index contributed by atoms with van der Waals surface area (Å²) < 4.78 is 5.37. The Morgan fingerprint density at radius 1 is 0.630 bits per heavy atom. The van der Waals surface area contributed by atoms with Gasteiger partial charge in [-0.25, -0.2) is 0 Å². The van der Waals surface area contributed by atoms with Crippen molar-refractivity contribution in [3.63, 3.8) is 0 Å². The molecular formula is C24H46O3. The molecule has 160 valence electrons. The highest BCUT2D eigenvalue weighted by Gasteiger charge is 2.24. The van der Waals surface area contributed by atoms with E-state index >= 15 is 0 Å². The second kappa shape index (κ2) is 19.9. The Kier molecular flexibility index (Phi) is 19.3. The molecule has 0 aromatic rings. The molecule has 0 fully saturated rings. The summed E-state index contributed by atoms with van der Waals surface area (Å²) in [6.45, 7) is 6.44. The summed E-state index contributed by atoms with van der Waals surface area (Å²) in [7, 11) is 0. The number of unbranched alkanes of at least 4 members (excludes halogenated alkanes) is 14. The first-order valence-corrected chi connectivity index (χ1v) is 11.8. The number of carbonyl (C=O) groups excluding carboxylic acids is 2. The van der Waals surface area contributed by atoms with Gasteiger partial charge in [0.25, 0.3) is 0 Å². The lowest BCUT2D eigenvalue weighted by atomic mass is 9.97. The molecule has 0 aliphatic rings. The third kappa shape index (κ3) is 17.0. The smallest absolute Gasteiger partial charge is 0.316 e. The van der Waals surface area contributed by atoms with Crippen LogP contribution >= 0.6 is 0 Å². The molecule has 0 amide bonds. The van der Waals surface area contributed by atoms with E-state index in [1.54, 1.807) is 0 Å². The van der Waals surface area contributed by atoms with Crippen molar-refractivity contribution in [2.75, 3.05) is 6.61 Å². The molecule has 0 aliphatic heterocycles. The van der Waals surface area contributed by atoms with E-state index in [1.807, 2.05) is 0 Å². The lowest BCUT2D eigenvalue weighted by Crippen LogP contribution is -2.24. The summed E-state index contributed by atoms with van der Waals surface area (Å²) in [6, 6.07) is 0. The van der Waals surface area contributed by atoms with Gasteiger partial charge in [-0.3, -0.25) is 9.59 Å². The standard InChI is InChI=1S/C24H46O3/c1-4-6-8-10-12-13-14-15-17-19-21-27-24(26)23(22(3)25)20-18-16-11-9-7-5-2/h23H,4-21H2,1-3H3. The van der Waals surface area contributed by atoms with Crippen molar-refractivity contribution in [1.82, 2.24) is 0 Å². The van der Waals surface area contributed by atoms with E-state index in [2.05, 4.69) is 13.8 Å². The van der Waals surface area contributed by atoms with Gasteiger partial charge in [-0.05, 0) is 19.8 Å². The summed E-state index contributed by atoms with van der Waals surface area (Å²) >= 11 is 0. The van der Waals surface area contributed by atoms with E-state index in [1.165, 1.54) is 84.0 Å². The lowest BCUT2D eigenvalue weighted by Gasteiger charge is -2.13. The van der Waals surface area contributed by atoms with E-state index in [4.69, 9.17) is 4.74 Å². The molecule has 0 heterocycles. The minimum atomic E-state index is -0.542. The normalized spacial score (nSPS) is 12.1. The number of hydrogen-bond acceptors (Lipinski definition) is 3. The highest BCUT2D eigenvalue weighted by molar-refractivity contribution is 5.97. The zero-order valence-corrected chi connectivity index (χ0v) is 18.5. The van der Waals surface area contributed by atoms with E-state index < -0.39 is 5.92 Å². The molecule has 3 heteroatoms. The summed E-state index contributed by atoms with van der Waals surface area (Å²) in [5.41, 5.74) is 0. The van der Waals surface area contributed by atoms with Crippen LogP contribution in [0.5, 0.6) is 0 Å². The predicted molar refractivity (Wildman–Crippen MR) is 115 cm³/mol. The topological polar surface area (TPSA) is 43.4 Å². The summed E-state index contributed by atoms with van der Waals surface area (Å²) in [6.07, 6.45) is 20.3. The minimum absolute atomic E-state index is 0.0448. The molecule has 0 spiro atoms. The molecule has 0 saturated heterocycles. The molecule has 0 N–H and O–H groups in total. The molecule has 0 bridgehead atoms. The second-order valence-corrected chi connectivity index (χ2v) is 8.07. The van der Waals surface area contributed by atoms with Gasteiger partial charge in [0.15, 0.2) is 0 Å². The van der Waals surface area contributed by atoms with E-state index in [0.717, 1.165) is 25.7 Å². The maximum atomic E-state index is 12.2. The van der Waals surface area contributed by atoms with Crippen LogP contribution in [0.15, 0.2) is 0 Å². The van der Waals surface area contributed by atoms with Gasteiger partial charge in [0, 0.05) is 0 Å². The van der Waals surface area contributed by atoms with Crippen molar-refractivity contribution >= 4 is 11.8 Å². The van der Waals surface area contributed by atoms with Crippen LogP contribution in [-0.2, 0) is 14.3 Å². The highest BCUT2D eigenvalue weighted by atomic mass is 16.5. The van der Waals surface area contributed by atoms with Gasteiger partial charge in [-0.1, -0.05) is 110 Å². The quantitative estimate of drug-likeness (QED) is 0.125. The van der Waals surface area contributed by atoms with E-state index in [-0.39, 0.29) is 11.8 Å². The SMILES string of the molecule is CCCCCCCCCCCCOC(=O)C(CCCCCCCC)C(C)=O. The van der Waals surface area contributed by atoms with Crippen LogP contribution in [0.4, 0.5) is 0 Å². The summed E-state index contributed by atoms with van der Waals surface area (Å²) in [5, 5.41) is 0. The Hall–Kier alpha value is -0.860. The first-order chi connectivity index (χ1) is 13.1. The van der Waals surface area contributed by atoms with Crippen LogP contribution in [0.25, 0.3) is 0 Å². The molecule has 0 aromatic carbocycles. The van der Waals surface area contributed by atoms with Gasteiger partial charge in [-0.2, -0.15) is 0 Å². The van der Waals surface area contributed by atoms with Crippen molar-refractivity contribution in [2.45, 2.75) is 130 Å². The van der Waals surface area contributed by atoms with E-state index in [9.17, 15) is 9.59 Å². The lowest BCUT2D eigenvalue weighted by molar-refractivity contribution is -0.152. The first kappa shape index (κ1) is 26.1. The molecule has 0 radical (unpaired) electrons. The summed E-state index contributed by atoms with van der Waals surface area (Å²) in [4.78, 5) is 23.9. The zero-order valence-electron chi connectivity index (χ0n) is 18.5. The van der Waals surface area contributed by atoms with Gasteiger partial charge >= 0.3 is 5.97 Å². The number of ether oxygens (including phenoxy) is 1. The number of Topliss-reactive ketones (excluding diaryl/α,β-unsaturated/α-hetero) is 1. The Morgan fingerprint density at radius 3 is 1.48 bits per heavy atom. The molecule has 0 aromatic heterocycles. The van der Waals surface area contributed by atoms with Crippen LogP contribution in [0, 0.1) is 5.92 Å². The molecule has 0 aliphatic carbocycles. The number of ketones is 1. The third-order valence-electron chi connectivity index (χ3n) is 5.36. The van der Waals surface area contributed by atoms with Crippen LogP contribution in [-0.4, -0.2) is 18.4 Å². The van der Waals surface area contributed by atoms with E-state index in [0.29, 0.717) is 13.0 Å². The Balaban J connectivity index is 3.64. The molecule has 0 saturated carbocycles. The van der Waals surface area contributed by atoms with Crippen molar-refractivity contribution in [3.8, 4) is 0 Å². The Labute approximate surface area is 169 Å². The third-order valence-corrected chi connectivity index (χ3v) is 5.36. The molecular weight excluding hydrogens is 336 g/mol. The fraction of sp³-hybridized carbons (Fsp3) is 0.917. The first-order valence-electron chi connectivity index (χ1n) is 11.8. The zero-order chi connectivity index (χ0) is 20.2. The average Bonchev–Trinajstić information content (AvgIpc) is 2.65. The molecule has 0 rings (SSSR count). The number of rotatable bonds is 20. The maximum absolute atomic E-state index is 12.2. The largest absolute Gasteiger partial charge is 0.465 e. The maximum Gasteiger partial charge on any atom is 0.316 e. The van der Waals surface area contributed by atoms with Crippen molar-refractivity contribution < 1.29 is 14.3 Å². The Morgan fingerprint density at radius 2 is 1.04 bits per heavy atom. The van der Waals surface area contributed by atoms with Crippen LogP contribution in [0.1, 0.15) is 130 Å². The predicted octanol–water partition coefficient (Wildman–Crippen LogP) is 7.41. The van der Waals surface area contributed by atoms with Gasteiger partial charge in [0.2, 0.25) is 0 Å². The molecule has 3 nitrogen and oxygen atoms in total. The second-order valence-electron chi connectivity index (χ2n) is 8.07. The molecule has 27 heavy (non-hydrogen) atoms. The van der Waals surface area contributed by atoms with Crippen molar-refractivity contribution in [2.24, 2.45) is 5.92 Å². The molecule has 1 atom stereocenters. The number of esters is 1. The van der Waals surface area contributed by atoms with Crippen LogP contribution in [0.2, 0.25) is 0 Å². The Bertz CT molecular complexity index is 352. The van der Waals surface area contributed by atoms with Crippen molar-refractivity contribution in [3.05, 3.63) is 0 Å². The number of carbonyl (C=O) groups is 2. The van der Waals surface area contributed by atoms with Crippen molar-refractivity contribution in [1.29, 1.82) is 0 Å². The number of hydrogen-bond donors (Lipinski definition) is 0. The fourth-order valence-electron chi connectivity index (χ4n) is 3.48. The van der Waals surface area contributed by atoms with Crippen LogP contribution in [0.3, 0.4) is 0 Å². The van der Waals surface area contributed by atoms with Crippen LogP contribution < -0.4 is 0 Å². The summed E-state index contributed by atoms with van der Waals surface area (Å²) in [5.74, 6) is -0.886. The minimum Gasteiger partial charge on any atom is -0.465 e. The van der Waals surface area contributed by atoms with Gasteiger partial charge in [-0.15, -0.1) is 0 Å². The highest BCUT2D eigenvalue weighted by Crippen LogP contribution is 2.16. The van der Waals surface area contributed by atoms with Gasteiger partial charge < -0.3 is 4.74 Å². The van der Waals surface area contributed by atoms with Gasteiger partial charge in [0.05, 0.1) is 6.61 Å². The monoisotopic (exact) mass is 382 g/mol.